The van der Waals surface area contributed by atoms with E-state index in [0.717, 1.165) is 45.0 Å². The van der Waals surface area contributed by atoms with Crippen molar-refractivity contribution in [3.8, 4) is 39.1 Å². The van der Waals surface area contributed by atoms with Crippen molar-refractivity contribution in [1.29, 1.82) is 0 Å². The van der Waals surface area contributed by atoms with Gasteiger partial charge in [-0.05, 0) is 103 Å². The summed E-state index contributed by atoms with van der Waals surface area (Å²) in [6.45, 7) is 0. The molecule has 1 heterocycles. The first-order chi connectivity index (χ1) is 34.3. The maximum atomic E-state index is 2.45. The van der Waals surface area contributed by atoms with Gasteiger partial charge < -0.3 is 9.47 Å². The highest BCUT2D eigenvalue weighted by Crippen LogP contribution is 2.44. The Bertz CT molecular complexity index is 3550. The third-order valence-electron chi connectivity index (χ3n) is 13.8. The van der Waals surface area contributed by atoms with Crippen molar-refractivity contribution >= 4 is 67.7 Å². The van der Waals surface area contributed by atoms with Gasteiger partial charge in [0.15, 0.2) is 8.07 Å². The normalized spacial score (nSPS) is 11.5. The van der Waals surface area contributed by atoms with E-state index in [0.29, 0.717) is 0 Å². The predicted molar refractivity (Wildman–Crippen MR) is 295 cm³/mol. The molecule has 0 aliphatic carbocycles. The molecule has 0 N–H and O–H groups in total. The second-order valence-corrected chi connectivity index (χ2v) is 21.4. The summed E-state index contributed by atoms with van der Waals surface area (Å²) in [7, 11) is -2.75. The zero-order valence-corrected chi connectivity index (χ0v) is 39.1. The number of benzene rings is 11. The molecule has 2 nitrogen and oxygen atoms in total. The van der Waals surface area contributed by atoms with Gasteiger partial charge in [0, 0.05) is 33.4 Å². The predicted octanol–water partition coefficient (Wildman–Crippen LogP) is 14.6. The molecular formula is C66H48N2Si. The van der Waals surface area contributed by atoms with E-state index in [1.807, 2.05) is 0 Å². The Morgan fingerprint density at radius 3 is 1.28 bits per heavy atom. The van der Waals surface area contributed by atoms with E-state index in [4.69, 9.17) is 0 Å². The molecule has 0 fully saturated rings. The number of para-hydroxylation sites is 3. The van der Waals surface area contributed by atoms with E-state index in [2.05, 4.69) is 301 Å². The molecule has 12 aromatic rings. The molecule has 0 saturated heterocycles. The topological polar surface area (TPSA) is 8.17 Å². The minimum atomic E-state index is -2.75. The molecule has 326 valence electrons. The second-order valence-electron chi connectivity index (χ2n) is 17.6. The molecule has 0 spiro atoms. The van der Waals surface area contributed by atoms with E-state index in [1.54, 1.807) is 0 Å². The lowest BCUT2D eigenvalue weighted by Gasteiger charge is -2.35. The summed E-state index contributed by atoms with van der Waals surface area (Å²) >= 11 is 0. The quantitative estimate of drug-likeness (QED) is 0.0928. The molecule has 0 amide bonds. The van der Waals surface area contributed by atoms with Crippen LogP contribution >= 0.6 is 0 Å². The molecule has 1 aromatic heterocycles. The van der Waals surface area contributed by atoms with Crippen LogP contribution in [0.5, 0.6) is 0 Å². The van der Waals surface area contributed by atoms with Crippen LogP contribution < -0.4 is 25.6 Å². The summed E-state index contributed by atoms with van der Waals surface area (Å²) in [5.74, 6) is 0. The molecule has 12 rings (SSSR count). The van der Waals surface area contributed by atoms with E-state index < -0.39 is 8.07 Å². The molecule has 0 atom stereocenters. The molecule has 0 aliphatic rings. The number of anilines is 3. The number of hydrogen-bond donors (Lipinski definition) is 0. The number of aromatic nitrogens is 1. The third kappa shape index (κ3) is 7.46. The fourth-order valence-corrected chi connectivity index (χ4v) is 15.4. The Balaban J connectivity index is 1.06. The molecular weight excluding hydrogens is 849 g/mol. The smallest absolute Gasteiger partial charge is 0.179 e. The minimum absolute atomic E-state index is 1.07. The third-order valence-corrected chi connectivity index (χ3v) is 18.5. The number of fused-ring (bicyclic) bond motifs is 3. The van der Waals surface area contributed by atoms with Gasteiger partial charge in [-0.25, -0.2) is 0 Å². The van der Waals surface area contributed by atoms with Crippen molar-refractivity contribution in [3.05, 3.63) is 291 Å². The van der Waals surface area contributed by atoms with Crippen LogP contribution in [0.1, 0.15) is 0 Å². The Labute approximate surface area is 405 Å². The van der Waals surface area contributed by atoms with Gasteiger partial charge in [0.2, 0.25) is 0 Å². The average Bonchev–Trinajstić information content (AvgIpc) is 3.78. The Morgan fingerprint density at radius 2 is 0.710 bits per heavy atom. The summed E-state index contributed by atoms with van der Waals surface area (Å²) in [4.78, 5) is 2.45. The SMILES string of the molecule is c1ccc(-c2cc(N(c3ccc([Si](c4ccccc4)(c4ccccc4)c4ccccc4)cc3)c3ccccc3-c3ccccc3)ccc2-c2cccc(-n3c4ccccc4c4ccccc43)c2)cc1. The largest absolute Gasteiger partial charge is 0.310 e. The van der Waals surface area contributed by atoms with E-state index in [9.17, 15) is 0 Å². The fraction of sp³-hybridized carbons (Fsp3) is 0. The van der Waals surface area contributed by atoms with Crippen LogP contribution in [0.3, 0.4) is 0 Å². The zero-order valence-electron chi connectivity index (χ0n) is 38.1. The first-order valence-electron chi connectivity index (χ1n) is 23.8. The second kappa shape index (κ2) is 18.1. The summed E-state index contributed by atoms with van der Waals surface area (Å²) in [5, 5.41) is 7.90. The lowest BCUT2D eigenvalue weighted by atomic mass is 9.93. The van der Waals surface area contributed by atoms with Crippen LogP contribution in [0.2, 0.25) is 0 Å². The highest BCUT2D eigenvalue weighted by Gasteiger charge is 2.41. The Kier molecular flexibility index (Phi) is 11.0. The monoisotopic (exact) mass is 896 g/mol. The molecule has 0 saturated carbocycles. The van der Waals surface area contributed by atoms with E-state index >= 15 is 0 Å². The summed E-state index contributed by atoms with van der Waals surface area (Å²) in [6, 6.07) is 107. The van der Waals surface area contributed by atoms with Gasteiger partial charge in [-0.1, -0.05) is 237 Å². The van der Waals surface area contributed by atoms with Crippen LogP contribution in [-0.4, -0.2) is 12.6 Å². The summed E-state index contributed by atoms with van der Waals surface area (Å²) in [5.41, 5.74) is 13.8. The van der Waals surface area contributed by atoms with Gasteiger partial charge >= 0.3 is 0 Å². The molecule has 11 aromatic carbocycles. The van der Waals surface area contributed by atoms with Crippen molar-refractivity contribution in [3.63, 3.8) is 0 Å². The maximum absolute atomic E-state index is 2.75. The molecule has 0 aliphatic heterocycles. The van der Waals surface area contributed by atoms with Gasteiger partial charge in [-0.3, -0.25) is 0 Å². The van der Waals surface area contributed by atoms with Crippen LogP contribution in [0, 0.1) is 0 Å². The lowest BCUT2D eigenvalue weighted by Crippen LogP contribution is -2.74. The molecule has 0 radical (unpaired) electrons. The van der Waals surface area contributed by atoms with Gasteiger partial charge in [0.1, 0.15) is 0 Å². The Morgan fingerprint density at radius 1 is 0.275 bits per heavy atom. The highest BCUT2D eigenvalue weighted by molar-refractivity contribution is 7.19. The van der Waals surface area contributed by atoms with Crippen molar-refractivity contribution in [2.45, 2.75) is 0 Å². The van der Waals surface area contributed by atoms with Gasteiger partial charge in [0.05, 0.1) is 16.7 Å². The fourth-order valence-electron chi connectivity index (χ4n) is 10.7. The zero-order chi connectivity index (χ0) is 46.0. The standard InChI is InChI=1S/C66H48N2Si/c1-6-23-49(24-7-1)60-35-16-19-38-64(60)67(52-41-44-58(45-42-52)69(55-29-10-3-11-30-55,56-31-12-4-13-32-56)57-33-14-5-15-34-57)54-43-46-59(63(48-54)50-25-8-2-9-26-50)51-27-22-28-53(47-51)68-65-39-20-17-36-61(65)62-37-18-21-40-66(62)68/h1-48H. The van der Waals surface area contributed by atoms with E-state index in [-0.39, 0.29) is 0 Å². The molecule has 0 unspecified atom stereocenters. The minimum Gasteiger partial charge on any atom is -0.310 e. The van der Waals surface area contributed by atoms with Crippen LogP contribution in [-0.2, 0) is 0 Å². The van der Waals surface area contributed by atoms with Gasteiger partial charge in [-0.2, -0.15) is 0 Å². The summed E-state index contributed by atoms with van der Waals surface area (Å²) in [6.07, 6.45) is 0. The highest BCUT2D eigenvalue weighted by atomic mass is 28.3. The molecule has 69 heavy (non-hydrogen) atoms. The number of rotatable bonds is 11. The van der Waals surface area contributed by atoms with Crippen molar-refractivity contribution in [2.24, 2.45) is 0 Å². The number of hydrogen-bond acceptors (Lipinski definition) is 1. The van der Waals surface area contributed by atoms with Crippen LogP contribution in [0.4, 0.5) is 17.1 Å². The van der Waals surface area contributed by atoms with Crippen molar-refractivity contribution < 1.29 is 0 Å². The Hall–Kier alpha value is -8.76. The van der Waals surface area contributed by atoms with Gasteiger partial charge in [0.25, 0.3) is 0 Å². The first kappa shape index (κ1) is 41.7. The number of nitrogens with zero attached hydrogens (tertiary/aromatic N) is 2. The first-order valence-corrected chi connectivity index (χ1v) is 25.8. The summed E-state index contributed by atoms with van der Waals surface area (Å²) < 4.78 is 2.40. The average molecular weight is 897 g/mol. The lowest BCUT2D eigenvalue weighted by molar-refractivity contribution is 1.18. The van der Waals surface area contributed by atoms with Crippen LogP contribution in [0.15, 0.2) is 291 Å². The van der Waals surface area contributed by atoms with Crippen molar-refractivity contribution in [1.82, 2.24) is 4.57 Å². The van der Waals surface area contributed by atoms with Gasteiger partial charge in [-0.15, -0.1) is 0 Å². The van der Waals surface area contributed by atoms with E-state index in [1.165, 1.54) is 53.7 Å². The van der Waals surface area contributed by atoms with Crippen LogP contribution in [0.25, 0.3) is 60.9 Å². The van der Waals surface area contributed by atoms with Crippen molar-refractivity contribution in [2.75, 3.05) is 4.90 Å². The maximum Gasteiger partial charge on any atom is 0.179 e. The molecule has 0 bridgehead atoms. The molecule has 3 heteroatoms.